The fraction of sp³-hybridized carbons (Fsp3) is 0.388. The van der Waals surface area contributed by atoms with Gasteiger partial charge >= 0.3 is 0 Å². The Morgan fingerprint density at radius 1 is 0.282 bits per heavy atom. The summed E-state index contributed by atoms with van der Waals surface area (Å²) in [6.07, 6.45) is 15.9. The van der Waals surface area contributed by atoms with Crippen molar-refractivity contribution in [1.29, 1.82) is 0 Å². The van der Waals surface area contributed by atoms with Gasteiger partial charge in [0, 0.05) is 0 Å². The first kappa shape index (κ1) is 58.3. The van der Waals surface area contributed by atoms with Gasteiger partial charge in [-0.05, 0) is 31.9 Å². The molecule has 0 unspecified atom stereocenters. The molecule has 390 valence electrons. The molecule has 5 rings (SSSR count). The van der Waals surface area contributed by atoms with E-state index < -0.39 is 144 Å². The van der Waals surface area contributed by atoms with Crippen molar-refractivity contribution in [3.8, 4) is 0 Å². The Morgan fingerprint density at radius 3 is 0.704 bits per heavy atom. The van der Waals surface area contributed by atoms with E-state index in [-0.39, 0.29) is 0 Å². The molecule has 0 heterocycles. The van der Waals surface area contributed by atoms with Gasteiger partial charge in [0.1, 0.15) is 58.4 Å². The van der Waals surface area contributed by atoms with Gasteiger partial charge in [-0.25, -0.2) is 87.8 Å². The smallest absolute Gasteiger partial charge is 0.200 e. The van der Waals surface area contributed by atoms with Crippen molar-refractivity contribution in [2.75, 3.05) is 6.54 Å². The average Bonchev–Trinajstić information content (AvgIpc) is 3.35. The Kier molecular flexibility index (Phi) is 21.3. The summed E-state index contributed by atoms with van der Waals surface area (Å²) in [7, 11) is 0. The average molecular weight is 1040 g/mol. The lowest BCUT2D eigenvalue weighted by Gasteiger charge is -2.44. The molecule has 0 aliphatic heterocycles. The van der Waals surface area contributed by atoms with Crippen LogP contribution in [0.15, 0.2) is 24.3 Å². The third kappa shape index (κ3) is 12.3. The Balaban J connectivity index is 0.000000359. The number of aryl methyl sites for hydroxylation is 1. The van der Waals surface area contributed by atoms with Crippen molar-refractivity contribution in [1.82, 2.24) is 0 Å². The number of nitrogens with two attached hydrogens (primary N) is 1. The van der Waals surface area contributed by atoms with Crippen LogP contribution in [0.4, 0.5) is 93.5 Å². The van der Waals surface area contributed by atoms with Gasteiger partial charge in [0.25, 0.3) is 0 Å². The summed E-state index contributed by atoms with van der Waals surface area (Å²) in [5, 5.41) is 2.39. The zero-order valence-electron chi connectivity index (χ0n) is 38.0. The molecule has 5 aromatic carbocycles. The van der Waals surface area contributed by atoms with Gasteiger partial charge in [-0.2, -0.15) is 0 Å². The van der Waals surface area contributed by atoms with Crippen LogP contribution in [-0.2, 0) is 0 Å². The first-order valence-corrected chi connectivity index (χ1v) is 22.7. The minimum atomic E-state index is -7.22. The van der Waals surface area contributed by atoms with E-state index in [1.165, 1.54) is 121 Å². The zero-order valence-corrected chi connectivity index (χ0v) is 38.0. The van der Waals surface area contributed by atoms with Gasteiger partial charge in [-0.3, -0.25) is 0 Å². The monoisotopic (exact) mass is 1040 g/mol. The molecule has 0 radical (unpaired) electrons. The second-order valence-corrected chi connectivity index (χ2v) is 17.0. The molecule has 0 fully saturated rings. The van der Waals surface area contributed by atoms with E-state index in [0.29, 0.717) is 0 Å². The van der Waals surface area contributed by atoms with E-state index in [1.54, 1.807) is 0 Å². The van der Waals surface area contributed by atoms with Crippen molar-refractivity contribution >= 4 is 33.7 Å². The summed E-state index contributed by atoms with van der Waals surface area (Å²) in [6, 6.07) is 8.89. The third-order valence-electron chi connectivity index (χ3n) is 12.2. The summed E-state index contributed by atoms with van der Waals surface area (Å²) in [5.41, 5.74) is -11.6. The van der Waals surface area contributed by atoms with E-state index in [4.69, 9.17) is 0 Å². The van der Waals surface area contributed by atoms with Crippen LogP contribution in [-0.4, -0.2) is 12.7 Å². The fourth-order valence-corrected chi connectivity index (χ4v) is 8.54. The summed E-state index contributed by atoms with van der Waals surface area (Å²) < 4.78 is 294. The molecule has 0 aliphatic rings. The van der Waals surface area contributed by atoms with Crippen LogP contribution in [0.5, 0.6) is 0 Å². The Bertz CT molecular complexity index is 2260. The predicted molar refractivity (Wildman–Crippen MR) is 226 cm³/mol. The molecular weight excluding hydrogens is 993 g/mol. The molecule has 0 aromatic heterocycles. The van der Waals surface area contributed by atoms with E-state index in [0.717, 1.165) is 0 Å². The van der Waals surface area contributed by atoms with Gasteiger partial charge in [0.05, 0.1) is 6.54 Å². The van der Waals surface area contributed by atoms with E-state index >= 15 is 35.1 Å². The van der Waals surface area contributed by atoms with Crippen molar-refractivity contribution in [3.05, 3.63) is 146 Å². The maximum Gasteiger partial charge on any atom is 0.200 e. The SMILES string of the molecule is CCCCCCCCCCCCCCCCCC[NH2+]c1ccc(C)cc1.Fc1c(F)c(F)c([B-](c2c(F)c(F)c(F)c(F)c2F)(c2c(F)c(F)c(F)c(F)c2F)c2c(F)c(F)c(F)c(F)c2F)c(F)c1F. The van der Waals surface area contributed by atoms with Crippen LogP contribution in [0.1, 0.15) is 115 Å². The molecule has 0 aliphatic carbocycles. The molecule has 1 nitrogen and oxygen atoms in total. The second-order valence-electron chi connectivity index (χ2n) is 17.0. The minimum absolute atomic E-state index is 1.24. The number of quaternary nitrogens is 1. The standard InChI is InChI=1S/C25H45N.C24BF20/c1-3-4-5-6-7-8-9-10-11-12-13-14-15-16-17-18-23-26-25-21-19-24(2)20-22-25;26-5-1(6(27)14(35)21(42)13(5)34)25(2-7(28)15(36)22(43)16(37)8(2)29,3-9(30)17(38)23(44)18(39)10(3)31)4-11(32)19(40)24(45)20(41)12(4)33/h19-22,26H,3-18,23H2,1-2H3;/q;-1/p+1. The molecule has 0 saturated heterocycles. The number of hydrogen-bond donors (Lipinski definition) is 1. The molecule has 0 spiro atoms. The summed E-state index contributed by atoms with van der Waals surface area (Å²) in [4.78, 5) is 0. The quantitative estimate of drug-likeness (QED) is 0.0178. The molecule has 22 heteroatoms. The first-order chi connectivity index (χ1) is 33.5. The molecule has 71 heavy (non-hydrogen) atoms. The normalized spacial score (nSPS) is 11.7. The van der Waals surface area contributed by atoms with Gasteiger partial charge < -0.3 is 5.32 Å². The number of benzene rings is 5. The Morgan fingerprint density at radius 2 is 0.479 bits per heavy atom. The van der Waals surface area contributed by atoms with Crippen LogP contribution in [0.25, 0.3) is 0 Å². The molecule has 0 saturated carbocycles. The van der Waals surface area contributed by atoms with Gasteiger partial charge in [-0.15, -0.1) is 21.9 Å². The van der Waals surface area contributed by atoms with Gasteiger partial charge in [-0.1, -0.05) is 115 Å². The highest BCUT2D eigenvalue weighted by atomic mass is 19.2. The van der Waals surface area contributed by atoms with Crippen molar-refractivity contribution in [3.63, 3.8) is 0 Å². The van der Waals surface area contributed by atoms with Crippen LogP contribution in [0, 0.1) is 123 Å². The Labute approximate surface area is 395 Å². The molecule has 2 N–H and O–H groups in total. The van der Waals surface area contributed by atoms with E-state index in [9.17, 15) is 52.7 Å². The maximum absolute atomic E-state index is 15.4. The lowest BCUT2D eigenvalue weighted by Crippen LogP contribution is -2.81. The second kappa shape index (κ2) is 25.9. The van der Waals surface area contributed by atoms with E-state index in [1.807, 2.05) is 0 Å². The number of unbranched alkanes of at least 4 members (excludes halogenated alkanes) is 15. The number of hydrogen-bond acceptors (Lipinski definition) is 0. The number of rotatable bonds is 22. The topological polar surface area (TPSA) is 16.6 Å². The molecule has 5 aromatic rings. The zero-order chi connectivity index (χ0) is 53.1. The highest BCUT2D eigenvalue weighted by Gasteiger charge is 2.52. The highest BCUT2D eigenvalue weighted by Crippen LogP contribution is 2.31. The van der Waals surface area contributed by atoms with Crippen LogP contribution >= 0.6 is 0 Å². The molecule has 0 amide bonds. The van der Waals surface area contributed by atoms with Crippen LogP contribution in [0.2, 0.25) is 0 Å². The predicted octanol–water partition coefficient (Wildman–Crippen LogP) is 13.3. The first-order valence-electron chi connectivity index (χ1n) is 22.7. The third-order valence-corrected chi connectivity index (χ3v) is 12.2. The number of halogens is 20. The summed E-state index contributed by atoms with van der Waals surface area (Å²) >= 11 is 0. The van der Waals surface area contributed by atoms with E-state index in [2.05, 4.69) is 43.4 Å². The van der Waals surface area contributed by atoms with Crippen molar-refractivity contribution in [2.45, 2.75) is 117 Å². The molecule has 0 bridgehead atoms. The lowest BCUT2D eigenvalue weighted by molar-refractivity contribution is -0.572. The van der Waals surface area contributed by atoms with Crippen molar-refractivity contribution in [2.24, 2.45) is 0 Å². The van der Waals surface area contributed by atoms with Crippen LogP contribution in [0.3, 0.4) is 0 Å². The van der Waals surface area contributed by atoms with Crippen molar-refractivity contribution < 1.29 is 93.1 Å². The summed E-state index contributed by atoms with van der Waals surface area (Å²) in [5.74, 6) is -71.4. The minimum Gasteiger partial charge on any atom is -0.314 e. The maximum atomic E-state index is 15.4. The van der Waals surface area contributed by atoms with Crippen LogP contribution < -0.4 is 27.2 Å². The molecule has 0 atom stereocenters. The lowest BCUT2D eigenvalue weighted by atomic mass is 9.12. The highest BCUT2D eigenvalue weighted by molar-refractivity contribution is 7.20. The molecular formula is C49H46BF20N. The van der Waals surface area contributed by atoms with Gasteiger partial charge in [0.15, 0.2) is 69.8 Å². The largest absolute Gasteiger partial charge is 0.314 e. The fourth-order valence-electron chi connectivity index (χ4n) is 8.54. The summed E-state index contributed by atoms with van der Waals surface area (Å²) in [6.45, 7) is 5.69. The van der Waals surface area contributed by atoms with Gasteiger partial charge in [0.2, 0.25) is 0 Å². The Hall–Kier alpha value is -5.28.